The second-order valence-corrected chi connectivity index (χ2v) is 10.3. The molecule has 0 saturated heterocycles. The maximum absolute atomic E-state index is 13.0. The normalized spacial score (nSPS) is 14.7. The highest BCUT2D eigenvalue weighted by Crippen LogP contribution is 2.32. The molecule has 1 aliphatic heterocycles. The number of nitrogens with one attached hydrogen (secondary N) is 3. The first-order valence-corrected chi connectivity index (χ1v) is 12.9. The van der Waals surface area contributed by atoms with Crippen molar-refractivity contribution in [2.24, 2.45) is 5.92 Å². The van der Waals surface area contributed by atoms with Crippen LogP contribution in [-0.2, 0) is 21.2 Å². The molecule has 1 aromatic heterocycles. The van der Waals surface area contributed by atoms with Crippen molar-refractivity contribution in [3.63, 3.8) is 0 Å². The molecule has 3 N–H and O–H groups in total. The Labute approximate surface area is 199 Å². The molecule has 34 heavy (non-hydrogen) atoms. The predicted octanol–water partition coefficient (Wildman–Crippen LogP) is 2.78. The van der Waals surface area contributed by atoms with Gasteiger partial charge in [0, 0.05) is 25.5 Å². The van der Waals surface area contributed by atoms with E-state index in [4.69, 9.17) is 9.47 Å². The molecule has 10 heteroatoms. The van der Waals surface area contributed by atoms with E-state index in [0.717, 1.165) is 23.3 Å². The van der Waals surface area contributed by atoms with Gasteiger partial charge in [0.2, 0.25) is 15.9 Å². The van der Waals surface area contributed by atoms with Crippen molar-refractivity contribution in [2.75, 3.05) is 19.8 Å². The van der Waals surface area contributed by atoms with Gasteiger partial charge in [-0.3, -0.25) is 4.79 Å². The van der Waals surface area contributed by atoms with Crippen LogP contribution in [0.25, 0.3) is 11.0 Å². The first-order chi connectivity index (χ1) is 16.3. The average molecular weight is 487 g/mol. The minimum Gasteiger partial charge on any atom is -0.490 e. The summed E-state index contributed by atoms with van der Waals surface area (Å²) in [6, 6.07) is 11.4. The summed E-state index contributed by atoms with van der Waals surface area (Å²) in [4.78, 5) is 20.6. The summed E-state index contributed by atoms with van der Waals surface area (Å²) in [5, 5.41) is 2.85. The van der Waals surface area contributed by atoms with Crippen LogP contribution in [0.1, 0.15) is 32.5 Å². The number of carbonyl (C=O) groups excluding carboxylic acids is 1. The lowest BCUT2D eigenvalue weighted by Crippen LogP contribution is -2.49. The van der Waals surface area contributed by atoms with Crippen LogP contribution in [0.15, 0.2) is 47.4 Å². The zero-order chi connectivity index (χ0) is 24.1. The van der Waals surface area contributed by atoms with Crippen molar-refractivity contribution in [1.82, 2.24) is 20.0 Å². The van der Waals surface area contributed by atoms with Crippen molar-refractivity contribution in [1.29, 1.82) is 0 Å². The van der Waals surface area contributed by atoms with Crippen LogP contribution in [0.3, 0.4) is 0 Å². The summed E-state index contributed by atoms with van der Waals surface area (Å²) in [7, 11) is -3.94. The van der Waals surface area contributed by atoms with Crippen LogP contribution in [-0.4, -0.2) is 50.1 Å². The summed E-state index contributed by atoms with van der Waals surface area (Å²) in [5.74, 6) is 1.14. The molecule has 0 aliphatic carbocycles. The standard InChI is InChI=1S/C24H30N4O5S/c1-16(2)23(24(29)25-12-5-9-22-26-18-7-3-4-8-19(18)27-22)28-34(30,31)17-10-11-20-21(15-17)33-14-6-13-32-20/h3-4,7-8,10-11,15-16,23,28H,5-6,9,12-14H2,1-2H3,(H,25,29)(H,26,27). The van der Waals surface area contributed by atoms with Gasteiger partial charge in [-0.15, -0.1) is 0 Å². The van der Waals surface area contributed by atoms with Crippen LogP contribution in [0.2, 0.25) is 0 Å². The van der Waals surface area contributed by atoms with Crippen molar-refractivity contribution in [2.45, 2.75) is 44.0 Å². The lowest BCUT2D eigenvalue weighted by atomic mass is 10.1. The summed E-state index contributed by atoms with van der Waals surface area (Å²) in [5.41, 5.74) is 1.89. The number of aromatic amines is 1. The van der Waals surface area contributed by atoms with E-state index in [1.807, 2.05) is 24.3 Å². The van der Waals surface area contributed by atoms with Gasteiger partial charge in [0.15, 0.2) is 11.5 Å². The van der Waals surface area contributed by atoms with Crippen molar-refractivity contribution < 1.29 is 22.7 Å². The Morgan fingerprint density at radius 2 is 1.88 bits per heavy atom. The van der Waals surface area contributed by atoms with Crippen molar-refractivity contribution >= 4 is 27.0 Å². The van der Waals surface area contributed by atoms with Crippen LogP contribution < -0.4 is 19.5 Å². The highest BCUT2D eigenvalue weighted by molar-refractivity contribution is 7.89. The smallest absolute Gasteiger partial charge is 0.241 e. The van der Waals surface area contributed by atoms with Gasteiger partial charge in [-0.2, -0.15) is 4.72 Å². The number of amides is 1. The average Bonchev–Trinajstić information content (AvgIpc) is 3.08. The summed E-state index contributed by atoms with van der Waals surface area (Å²) in [6.45, 7) is 4.98. The van der Waals surface area contributed by atoms with Gasteiger partial charge in [0.05, 0.1) is 29.1 Å². The Morgan fingerprint density at radius 3 is 2.65 bits per heavy atom. The maximum Gasteiger partial charge on any atom is 0.241 e. The van der Waals surface area contributed by atoms with E-state index in [1.165, 1.54) is 12.1 Å². The Balaban J connectivity index is 1.35. The molecule has 0 saturated carbocycles. The number of hydrogen-bond donors (Lipinski definition) is 3. The number of hydrogen-bond acceptors (Lipinski definition) is 6. The highest BCUT2D eigenvalue weighted by Gasteiger charge is 2.29. The van der Waals surface area contributed by atoms with Crippen LogP contribution >= 0.6 is 0 Å². The number of sulfonamides is 1. The van der Waals surface area contributed by atoms with Gasteiger partial charge in [0.1, 0.15) is 11.9 Å². The first kappa shape index (κ1) is 24.0. The third kappa shape index (κ3) is 5.68. The van der Waals surface area contributed by atoms with E-state index >= 15 is 0 Å². The van der Waals surface area contributed by atoms with Gasteiger partial charge in [0.25, 0.3) is 0 Å². The minimum atomic E-state index is -3.94. The molecular formula is C24H30N4O5S. The van der Waals surface area contributed by atoms with Gasteiger partial charge >= 0.3 is 0 Å². The number of nitrogens with zero attached hydrogens (tertiary/aromatic N) is 1. The summed E-state index contributed by atoms with van der Waals surface area (Å²) in [6.07, 6.45) is 2.07. The van der Waals surface area contributed by atoms with Gasteiger partial charge in [-0.05, 0) is 36.6 Å². The number of benzene rings is 2. The number of aryl methyl sites for hydroxylation is 1. The Morgan fingerprint density at radius 1 is 1.12 bits per heavy atom. The second-order valence-electron chi connectivity index (χ2n) is 8.60. The quantitative estimate of drug-likeness (QED) is 0.400. The van der Waals surface area contributed by atoms with Crippen molar-refractivity contribution in [3.8, 4) is 11.5 Å². The molecule has 4 rings (SSSR count). The number of imidazole rings is 1. The molecule has 2 heterocycles. The first-order valence-electron chi connectivity index (χ1n) is 11.5. The number of aromatic nitrogens is 2. The molecule has 1 unspecified atom stereocenters. The molecule has 0 bridgehead atoms. The van der Waals surface area contributed by atoms with E-state index in [2.05, 4.69) is 20.0 Å². The monoisotopic (exact) mass is 486 g/mol. The molecular weight excluding hydrogens is 456 g/mol. The molecule has 1 aliphatic rings. The highest BCUT2D eigenvalue weighted by atomic mass is 32.2. The van der Waals surface area contributed by atoms with Crippen molar-refractivity contribution in [3.05, 3.63) is 48.3 Å². The Hall–Kier alpha value is -3.11. The Kier molecular flexibility index (Phi) is 7.38. The third-order valence-corrected chi connectivity index (χ3v) is 7.03. The molecule has 0 spiro atoms. The molecule has 0 radical (unpaired) electrons. The zero-order valence-corrected chi connectivity index (χ0v) is 20.2. The fraction of sp³-hybridized carbons (Fsp3) is 0.417. The van der Waals surface area contributed by atoms with Crippen LogP contribution in [0.5, 0.6) is 11.5 Å². The fourth-order valence-corrected chi connectivity index (χ4v) is 5.10. The predicted molar refractivity (Wildman–Crippen MR) is 128 cm³/mol. The molecule has 3 aromatic rings. The minimum absolute atomic E-state index is 0.0279. The number of para-hydroxylation sites is 2. The van der Waals surface area contributed by atoms with E-state index in [9.17, 15) is 13.2 Å². The molecule has 1 atom stereocenters. The van der Waals surface area contributed by atoms with E-state index < -0.39 is 16.1 Å². The molecule has 182 valence electrons. The summed E-state index contributed by atoms with van der Waals surface area (Å²) < 4.78 is 39.8. The van der Waals surface area contributed by atoms with Gasteiger partial charge in [-0.25, -0.2) is 13.4 Å². The lowest BCUT2D eigenvalue weighted by Gasteiger charge is -2.22. The van der Waals surface area contributed by atoms with E-state index in [0.29, 0.717) is 44.1 Å². The number of H-pyrrole nitrogens is 1. The van der Waals surface area contributed by atoms with Crippen LogP contribution in [0.4, 0.5) is 0 Å². The SMILES string of the molecule is CC(C)C(NS(=O)(=O)c1ccc2c(c1)OCCCO2)C(=O)NCCCc1nc2ccccc2[nH]1. The maximum atomic E-state index is 13.0. The topological polar surface area (TPSA) is 122 Å². The van der Waals surface area contributed by atoms with Gasteiger partial charge in [-0.1, -0.05) is 26.0 Å². The largest absolute Gasteiger partial charge is 0.490 e. The van der Waals surface area contributed by atoms with Gasteiger partial charge < -0.3 is 19.8 Å². The Bertz CT molecular complexity index is 1220. The zero-order valence-electron chi connectivity index (χ0n) is 19.3. The second kappa shape index (κ2) is 10.4. The fourth-order valence-electron chi connectivity index (χ4n) is 3.74. The lowest BCUT2D eigenvalue weighted by molar-refractivity contribution is -0.123. The van der Waals surface area contributed by atoms with Crippen LogP contribution in [0, 0.1) is 5.92 Å². The molecule has 1 amide bonds. The third-order valence-electron chi connectivity index (χ3n) is 5.59. The molecule has 0 fully saturated rings. The number of rotatable bonds is 9. The number of carbonyl (C=O) groups is 1. The molecule has 2 aromatic carbocycles. The number of fused-ring (bicyclic) bond motifs is 2. The number of ether oxygens (including phenoxy) is 2. The van der Waals surface area contributed by atoms with E-state index in [1.54, 1.807) is 19.9 Å². The van der Waals surface area contributed by atoms with E-state index in [-0.39, 0.29) is 16.7 Å². The molecule has 9 nitrogen and oxygen atoms in total. The summed E-state index contributed by atoms with van der Waals surface area (Å²) >= 11 is 0.